The first-order valence-corrected chi connectivity index (χ1v) is 7.15. The van der Waals surface area contributed by atoms with Crippen LogP contribution in [-0.2, 0) is 11.3 Å². The fourth-order valence-corrected chi connectivity index (χ4v) is 1.98. The Morgan fingerprint density at radius 3 is 2.50 bits per heavy atom. The Hall–Kier alpha value is -3.28. The minimum absolute atomic E-state index is 0.0314. The quantitative estimate of drug-likeness (QED) is 0.708. The molecule has 0 aromatic heterocycles. The smallest absolute Gasteiger partial charge is 0.335 e. The van der Waals surface area contributed by atoms with Gasteiger partial charge >= 0.3 is 5.97 Å². The van der Waals surface area contributed by atoms with Crippen LogP contribution in [0.25, 0.3) is 6.08 Å². The number of carbonyl (C=O) groups excluding carboxylic acids is 1. The number of benzene rings is 2. The van der Waals surface area contributed by atoms with E-state index in [1.807, 2.05) is 0 Å². The number of rotatable bonds is 6. The van der Waals surface area contributed by atoms with Crippen LogP contribution in [-0.4, -0.2) is 29.2 Å². The van der Waals surface area contributed by atoms with E-state index in [0.717, 1.165) is 5.56 Å². The second-order valence-electron chi connectivity index (χ2n) is 4.98. The lowest BCUT2D eigenvalue weighted by Gasteiger charge is -2.04. The number of carbonyl (C=O) groups is 2. The molecule has 1 amide bonds. The molecule has 2 rings (SSSR count). The Kier molecular flexibility index (Phi) is 5.57. The summed E-state index contributed by atoms with van der Waals surface area (Å²) in [5.41, 5.74) is 1.71. The molecule has 24 heavy (non-hydrogen) atoms. The van der Waals surface area contributed by atoms with Crippen LogP contribution in [0.15, 0.2) is 48.5 Å². The lowest BCUT2D eigenvalue weighted by molar-refractivity contribution is -0.116. The largest absolute Gasteiger partial charge is 0.504 e. The highest BCUT2D eigenvalue weighted by Crippen LogP contribution is 2.26. The molecule has 124 valence electrons. The van der Waals surface area contributed by atoms with Gasteiger partial charge in [-0.25, -0.2) is 4.79 Å². The number of phenolic OH excluding ortho intramolecular Hbond substituents is 1. The summed E-state index contributed by atoms with van der Waals surface area (Å²) in [5, 5.41) is 21.0. The zero-order valence-corrected chi connectivity index (χ0v) is 13.0. The molecule has 0 atom stereocenters. The number of hydrogen-bond donors (Lipinski definition) is 3. The zero-order valence-electron chi connectivity index (χ0n) is 13.0. The van der Waals surface area contributed by atoms with Crippen molar-refractivity contribution in [1.29, 1.82) is 0 Å². The molecule has 0 spiro atoms. The van der Waals surface area contributed by atoms with Crippen LogP contribution < -0.4 is 10.1 Å². The van der Waals surface area contributed by atoms with Gasteiger partial charge in [0.15, 0.2) is 11.5 Å². The highest BCUT2D eigenvalue weighted by molar-refractivity contribution is 5.91. The number of carboxylic acid groups (broad SMARTS) is 1. The second kappa shape index (κ2) is 7.82. The second-order valence-corrected chi connectivity index (χ2v) is 4.98. The molecule has 2 aromatic rings. The molecule has 0 saturated heterocycles. The fourth-order valence-electron chi connectivity index (χ4n) is 1.98. The number of nitrogens with one attached hydrogen (secondary N) is 1. The van der Waals surface area contributed by atoms with Crippen molar-refractivity contribution in [1.82, 2.24) is 5.32 Å². The van der Waals surface area contributed by atoms with E-state index in [0.29, 0.717) is 17.9 Å². The van der Waals surface area contributed by atoms with Crippen molar-refractivity contribution >= 4 is 18.0 Å². The number of methoxy groups -OCH3 is 1. The van der Waals surface area contributed by atoms with Gasteiger partial charge in [0, 0.05) is 12.6 Å². The van der Waals surface area contributed by atoms with Crippen molar-refractivity contribution in [2.24, 2.45) is 0 Å². The van der Waals surface area contributed by atoms with Crippen molar-refractivity contribution in [2.45, 2.75) is 6.54 Å². The van der Waals surface area contributed by atoms with E-state index in [4.69, 9.17) is 9.84 Å². The van der Waals surface area contributed by atoms with Crippen LogP contribution >= 0.6 is 0 Å². The maximum atomic E-state index is 11.8. The maximum absolute atomic E-state index is 11.8. The number of phenols is 1. The molecule has 0 aliphatic carbocycles. The molecule has 0 radical (unpaired) electrons. The first-order chi connectivity index (χ1) is 11.5. The fraction of sp³-hybridized carbons (Fsp3) is 0.111. The minimum Gasteiger partial charge on any atom is -0.504 e. The van der Waals surface area contributed by atoms with E-state index in [1.54, 1.807) is 30.3 Å². The standard InChI is InChI=1S/C18H17NO5/c1-24-16-10-12(4-8-15(16)20)5-9-17(21)19-11-13-2-6-14(7-3-13)18(22)23/h2-10,20H,11H2,1H3,(H,19,21)(H,22,23)/b9-5+. The Balaban J connectivity index is 1.92. The van der Waals surface area contributed by atoms with Crippen molar-refractivity contribution < 1.29 is 24.5 Å². The van der Waals surface area contributed by atoms with E-state index < -0.39 is 5.97 Å². The minimum atomic E-state index is -0.988. The summed E-state index contributed by atoms with van der Waals surface area (Å²) in [7, 11) is 1.45. The van der Waals surface area contributed by atoms with E-state index >= 15 is 0 Å². The normalized spacial score (nSPS) is 10.5. The van der Waals surface area contributed by atoms with Gasteiger partial charge in [0.2, 0.25) is 5.91 Å². The van der Waals surface area contributed by atoms with E-state index in [1.165, 1.54) is 31.4 Å². The summed E-state index contributed by atoms with van der Waals surface area (Å²) in [6, 6.07) is 11.0. The summed E-state index contributed by atoms with van der Waals surface area (Å²) in [4.78, 5) is 22.6. The molecule has 0 aliphatic rings. The number of amides is 1. The number of aromatic hydroxyl groups is 1. The third kappa shape index (κ3) is 4.61. The molecule has 3 N–H and O–H groups in total. The van der Waals surface area contributed by atoms with Gasteiger partial charge in [0.25, 0.3) is 0 Å². The average Bonchev–Trinajstić information content (AvgIpc) is 2.59. The molecular formula is C18H17NO5. The van der Waals surface area contributed by atoms with Gasteiger partial charge in [-0.2, -0.15) is 0 Å². The highest BCUT2D eigenvalue weighted by Gasteiger charge is 2.03. The third-order valence-corrected chi connectivity index (χ3v) is 3.30. The molecule has 0 aliphatic heterocycles. The maximum Gasteiger partial charge on any atom is 0.335 e. The van der Waals surface area contributed by atoms with Gasteiger partial charge in [-0.05, 0) is 41.5 Å². The van der Waals surface area contributed by atoms with E-state index in [9.17, 15) is 14.7 Å². The predicted octanol–water partition coefficient (Wildman–Crippen LogP) is 2.43. The van der Waals surface area contributed by atoms with Crippen LogP contribution in [0.2, 0.25) is 0 Å². The molecule has 2 aromatic carbocycles. The lowest BCUT2D eigenvalue weighted by atomic mass is 10.1. The first-order valence-electron chi connectivity index (χ1n) is 7.15. The summed E-state index contributed by atoms with van der Waals surface area (Å²) >= 11 is 0. The van der Waals surface area contributed by atoms with E-state index in [2.05, 4.69) is 5.32 Å². The predicted molar refractivity (Wildman–Crippen MR) is 88.9 cm³/mol. The third-order valence-electron chi connectivity index (χ3n) is 3.30. The highest BCUT2D eigenvalue weighted by atomic mass is 16.5. The van der Waals surface area contributed by atoms with Crippen molar-refractivity contribution in [3.05, 3.63) is 65.2 Å². The summed E-state index contributed by atoms with van der Waals surface area (Å²) in [6.45, 7) is 0.294. The Morgan fingerprint density at radius 2 is 1.88 bits per heavy atom. The van der Waals surface area contributed by atoms with Crippen LogP contribution in [0, 0.1) is 0 Å². The number of aromatic carboxylic acids is 1. The van der Waals surface area contributed by atoms with Gasteiger partial charge in [-0.1, -0.05) is 18.2 Å². The molecule has 6 heteroatoms. The van der Waals surface area contributed by atoms with Gasteiger partial charge in [0.05, 0.1) is 12.7 Å². The molecule has 0 bridgehead atoms. The van der Waals surface area contributed by atoms with Crippen LogP contribution in [0.4, 0.5) is 0 Å². The monoisotopic (exact) mass is 327 g/mol. The van der Waals surface area contributed by atoms with Crippen LogP contribution in [0.1, 0.15) is 21.5 Å². The molecule has 6 nitrogen and oxygen atoms in total. The molecule has 0 fully saturated rings. The van der Waals surface area contributed by atoms with Crippen LogP contribution in [0.3, 0.4) is 0 Å². The average molecular weight is 327 g/mol. The van der Waals surface area contributed by atoms with Gasteiger partial charge in [-0.15, -0.1) is 0 Å². The Bertz CT molecular complexity index is 765. The summed E-state index contributed by atoms with van der Waals surface area (Å²) in [5.74, 6) is -0.915. The molecule has 0 unspecified atom stereocenters. The summed E-state index contributed by atoms with van der Waals surface area (Å²) in [6.07, 6.45) is 2.97. The van der Waals surface area contributed by atoms with Gasteiger partial charge < -0.3 is 20.3 Å². The van der Waals surface area contributed by atoms with Crippen LogP contribution in [0.5, 0.6) is 11.5 Å². The zero-order chi connectivity index (χ0) is 17.5. The number of ether oxygens (including phenoxy) is 1. The first kappa shape index (κ1) is 17.1. The van der Waals surface area contributed by atoms with E-state index in [-0.39, 0.29) is 17.2 Å². The Labute approximate surface area is 139 Å². The topological polar surface area (TPSA) is 95.9 Å². The Morgan fingerprint density at radius 1 is 1.17 bits per heavy atom. The molecule has 0 saturated carbocycles. The van der Waals surface area contributed by atoms with Gasteiger partial charge in [0.1, 0.15) is 0 Å². The van der Waals surface area contributed by atoms with Crippen molar-refractivity contribution in [2.75, 3.05) is 7.11 Å². The van der Waals surface area contributed by atoms with Crippen molar-refractivity contribution in [3.63, 3.8) is 0 Å². The molecular weight excluding hydrogens is 310 g/mol. The number of carboxylic acids is 1. The summed E-state index contributed by atoms with van der Waals surface area (Å²) < 4.78 is 5.00. The SMILES string of the molecule is COc1cc(/C=C/C(=O)NCc2ccc(C(=O)O)cc2)ccc1O. The van der Waals surface area contributed by atoms with Gasteiger partial charge in [-0.3, -0.25) is 4.79 Å². The molecule has 0 heterocycles. The lowest BCUT2D eigenvalue weighted by Crippen LogP contribution is -2.20. The van der Waals surface area contributed by atoms with Crippen molar-refractivity contribution in [3.8, 4) is 11.5 Å². The number of hydrogen-bond acceptors (Lipinski definition) is 4.